The van der Waals surface area contributed by atoms with Crippen LogP contribution in [0.1, 0.15) is 55.1 Å². The van der Waals surface area contributed by atoms with Crippen molar-refractivity contribution in [2.45, 2.75) is 67.6 Å². The third kappa shape index (κ3) is 4.95. The number of aryl methyl sites for hydroxylation is 1. The van der Waals surface area contributed by atoms with Gasteiger partial charge in [-0.2, -0.15) is 17.5 Å². The van der Waals surface area contributed by atoms with Crippen LogP contribution in [0.4, 0.5) is 17.6 Å². The number of alkyl halides is 3. The summed E-state index contributed by atoms with van der Waals surface area (Å²) in [5.74, 6) is -1.75. The molecule has 4 aliphatic rings. The first kappa shape index (κ1) is 26.0. The van der Waals surface area contributed by atoms with Crippen molar-refractivity contribution < 1.29 is 30.8 Å². The molecule has 2 bridgehead atoms. The van der Waals surface area contributed by atoms with Crippen LogP contribution in [0.25, 0.3) is 11.3 Å². The molecule has 1 atom stereocenters. The summed E-state index contributed by atoms with van der Waals surface area (Å²) in [5.41, 5.74) is 2.36. The van der Waals surface area contributed by atoms with Gasteiger partial charge in [0.1, 0.15) is 5.82 Å². The predicted molar refractivity (Wildman–Crippen MR) is 131 cm³/mol. The Morgan fingerprint density at radius 1 is 1.03 bits per heavy atom. The van der Waals surface area contributed by atoms with Crippen molar-refractivity contribution in [3.63, 3.8) is 0 Å². The first-order valence-corrected chi connectivity index (χ1v) is 14.2. The van der Waals surface area contributed by atoms with Gasteiger partial charge in [-0.1, -0.05) is 0 Å². The van der Waals surface area contributed by atoms with Crippen LogP contribution in [0.2, 0.25) is 0 Å². The third-order valence-corrected chi connectivity index (χ3v) is 9.66. The fraction of sp³-hybridized carbons (Fsp3) is 0.407. The van der Waals surface area contributed by atoms with Crippen LogP contribution in [-0.2, 0) is 27.4 Å². The lowest BCUT2D eigenvalue weighted by atomic mass is 9.81. The van der Waals surface area contributed by atoms with Gasteiger partial charge in [0.05, 0.1) is 16.6 Å². The molecule has 1 aromatic carbocycles. The van der Waals surface area contributed by atoms with Crippen molar-refractivity contribution in [3.8, 4) is 11.3 Å². The topological polar surface area (TPSA) is 93.1 Å². The highest BCUT2D eigenvalue weighted by atomic mass is 32.2. The monoisotopic (exact) mass is 560 g/mol. The number of carbonyl (C=O) groups excluding carboxylic acids is 1. The van der Waals surface area contributed by atoms with Gasteiger partial charge in [0.15, 0.2) is 5.78 Å². The minimum absolute atomic E-state index is 0.0409. The lowest BCUT2D eigenvalue weighted by molar-refractivity contribution is -0.145. The molecule has 0 unspecified atom stereocenters. The number of carbonyl (C=O) groups is 1. The Hall–Kier alpha value is -3.25. The Labute approximate surface area is 222 Å². The van der Waals surface area contributed by atoms with Crippen molar-refractivity contribution in [3.05, 3.63) is 71.7 Å². The number of halogens is 4. The summed E-state index contributed by atoms with van der Waals surface area (Å²) in [7, 11) is -3.96. The van der Waals surface area contributed by atoms with Crippen molar-refractivity contribution in [2.24, 2.45) is 5.92 Å². The number of hydrogen-bond acceptors (Lipinski definition) is 6. The second-order valence-corrected chi connectivity index (χ2v) is 12.3. The number of ketones is 1. The molecule has 2 aliphatic carbocycles. The smallest absolute Gasteiger partial charge is 0.298 e. The number of pyridine rings is 1. The summed E-state index contributed by atoms with van der Waals surface area (Å²) in [6.45, 7) is 0. The SMILES string of the molecule is O=C(CCc1cc(-c2cnc(C(F)(F)F)nc2)nc(C2CC2)c1)[C@@H]1C2CC(C2)N1S(=O)(=O)c1ccc(F)cc1. The van der Waals surface area contributed by atoms with E-state index >= 15 is 0 Å². The van der Waals surface area contributed by atoms with Gasteiger partial charge in [-0.15, -0.1) is 0 Å². The van der Waals surface area contributed by atoms with E-state index in [2.05, 4.69) is 15.0 Å². The second-order valence-electron chi connectivity index (χ2n) is 10.4. The highest BCUT2D eigenvalue weighted by Crippen LogP contribution is 2.49. The number of rotatable bonds is 8. The van der Waals surface area contributed by atoms with E-state index < -0.39 is 33.9 Å². The fourth-order valence-corrected chi connectivity index (χ4v) is 7.40. The van der Waals surface area contributed by atoms with Gasteiger partial charge in [-0.05, 0) is 80.0 Å². The van der Waals surface area contributed by atoms with Crippen LogP contribution >= 0.6 is 0 Å². The average Bonchev–Trinajstić information content (AvgIpc) is 3.56. The molecule has 2 aromatic heterocycles. The quantitative estimate of drug-likeness (QED) is 0.363. The Morgan fingerprint density at radius 2 is 1.69 bits per heavy atom. The first-order valence-electron chi connectivity index (χ1n) is 12.7. The first-order chi connectivity index (χ1) is 18.5. The molecule has 39 heavy (non-hydrogen) atoms. The van der Waals surface area contributed by atoms with E-state index in [-0.39, 0.29) is 35.0 Å². The number of benzene rings is 1. The molecule has 7 nitrogen and oxygen atoms in total. The van der Waals surface area contributed by atoms with Crippen molar-refractivity contribution in [1.82, 2.24) is 19.3 Å². The largest absolute Gasteiger partial charge is 0.451 e. The summed E-state index contributed by atoms with van der Waals surface area (Å²) in [6, 6.07) is 7.21. The van der Waals surface area contributed by atoms with E-state index in [1.807, 2.05) is 6.07 Å². The van der Waals surface area contributed by atoms with E-state index in [1.165, 1.54) is 16.4 Å². The zero-order valence-corrected chi connectivity index (χ0v) is 21.4. The van der Waals surface area contributed by atoms with Crippen molar-refractivity contribution in [1.29, 1.82) is 0 Å². The molecule has 2 saturated heterocycles. The van der Waals surface area contributed by atoms with Gasteiger partial charge < -0.3 is 0 Å². The zero-order chi connectivity index (χ0) is 27.5. The molecule has 0 spiro atoms. The van der Waals surface area contributed by atoms with Gasteiger partial charge in [-0.3, -0.25) is 9.78 Å². The molecule has 2 aliphatic heterocycles. The molecular weight excluding hydrogens is 536 g/mol. The molecule has 0 radical (unpaired) electrons. The summed E-state index contributed by atoms with van der Waals surface area (Å²) in [4.78, 5) is 24.8. The number of Topliss-reactive ketones (excluding diaryl/α,β-unsaturated/α-hetero) is 1. The second kappa shape index (κ2) is 9.44. The molecule has 3 aromatic rings. The number of aromatic nitrogens is 3. The maximum Gasteiger partial charge on any atom is 0.451 e. The molecule has 4 fully saturated rings. The average molecular weight is 561 g/mol. The summed E-state index contributed by atoms with van der Waals surface area (Å²) < 4.78 is 80.0. The minimum Gasteiger partial charge on any atom is -0.298 e. The molecule has 0 amide bonds. The number of sulfonamides is 1. The highest BCUT2D eigenvalue weighted by molar-refractivity contribution is 7.89. The van der Waals surface area contributed by atoms with Crippen LogP contribution in [0.15, 0.2) is 53.7 Å². The van der Waals surface area contributed by atoms with Crippen LogP contribution in [0, 0.1) is 11.7 Å². The maximum atomic E-state index is 13.4. The number of hydrogen-bond donors (Lipinski definition) is 0. The van der Waals surface area contributed by atoms with E-state index in [9.17, 15) is 30.8 Å². The van der Waals surface area contributed by atoms with Gasteiger partial charge in [0, 0.05) is 42.0 Å². The maximum absolute atomic E-state index is 13.4. The fourth-order valence-electron chi connectivity index (χ4n) is 5.52. The highest BCUT2D eigenvalue weighted by Gasteiger charge is 2.58. The molecule has 0 N–H and O–H groups in total. The van der Waals surface area contributed by atoms with Crippen molar-refractivity contribution in [2.75, 3.05) is 0 Å². The number of nitrogens with zero attached hydrogens (tertiary/aromatic N) is 4. The summed E-state index contributed by atoms with van der Waals surface area (Å²) in [5, 5.41) is 0. The van der Waals surface area contributed by atoms with Crippen LogP contribution < -0.4 is 0 Å². The molecule has 2 saturated carbocycles. The summed E-state index contributed by atoms with van der Waals surface area (Å²) >= 11 is 0. The normalized spacial score (nSPS) is 23.0. The van der Waals surface area contributed by atoms with Gasteiger partial charge in [-0.25, -0.2) is 22.8 Å². The van der Waals surface area contributed by atoms with E-state index in [1.54, 1.807) is 6.07 Å². The van der Waals surface area contributed by atoms with Crippen LogP contribution in [-0.4, -0.2) is 45.5 Å². The predicted octanol–water partition coefficient (Wildman–Crippen LogP) is 4.93. The minimum atomic E-state index is -4.65. The van der Waals surface area contributed by atoms with E-state index in [0.29, 0.717) is 30.5 Å². The standard InChI is InChI=1S/C27H24F4N4O3S/c28-19-4-6-21(7-5-19)39(37,38)35-20-11-17(12-20)25(35)24(36)8-1-15-9-22(16-2-3-16)34-23(10-15)18-13-32-26(33-14-18)27(29,30)31/h4-7,9-10,13-14,16-17,20,25H,1-3,8,11-12H2/t17?,20?,25-/m0/s1. The Balaban J connectivity index is 1.22. The lowest BCUT2D eigenvalue weighted by Crippen LogP contribution is -2.41. The molecule has 204 valence electrons. The Bertz CT molecular complexity index is 1520. The Morgan fingerprint density at radius 3 is 2.31 bits per heavy atom. The van der Waals surface area contributed by atoms with Gasteiger partial charge in [0.25, 0.3) is 0 Å². The zero-order valence-electron chi connectivity index (χ0n) is 20.6. The van der Waals surface area contributed by atoms with E-state index in [0.717, 1.165) is 48.6 Å². The Kier molecular flexibility index (Phi) is 6.29. The van der Waals surface area contributed by atoms with E-state index in [4.69, 9.17) is 0 Å². The van der Waals surface area contributed by atoms with Gasteiger partial charge >= 0.3 is 6.18 Å². The molecule has 4 heterocycles. The molecular formula is C27H24F4N4O3S. The summed E-state index contributed by atoms with van der Waals surface area (Å²) in [6.07, 6.45) is 1.12. The van der Waals surface area contributed by atoms with Crippen LogP contribution in [0.5, 0.6) is 0 Å². The van der Waals surface area contributed by atoms with Gasteiger partial charge in [0.2, 0.25) is 15.8 Å². The van der Waals surface area contributed by atoms with Crippen molar-refractivity contribution >= 4 is 15.8 Å². The third-order valence-electron chi connectivity index (χ3n) is 7.71. The molecule has 12 heteroatoms. The molecule has 7 rings (SSSR count). The number of fused-ring (bicyclic) bond motifs is 1. The lowest BCUT2D eigenvalue weighted by Gasteiger charge is -2.25. The van der Waals surface area contributed by atoms with Crippen LogP contribution in [0.3, 0.4) is 0 Å².